The van der Waals surface area contributed by atoms with E-state index >= 15 is 0 Å². The lowest BCUT2D eigenvalue weighted by Crippen LogP contribution is -1.43. The van der Waals surface area contributed by atoms with Crippen molar-refractivity contribution in [1.29, 1.82) is 0 Å². The van der Waals surface area contributed by atoms with Gasteiger partial charge in [0, 0.05) is 8.95 Å². The molecule has 0 aliphatic carbocycles. The summed E-state index contributed by atoms with van der Waals surface area (Å²) in [5, 5.41) is 4.18. The standard InChI is InChI=1S/C4H3IS/c5-4-1-2-6-3-4/h1-3H. The fraction of sp³-hybridized carbons (Fsp3) is 0. The molecule has 0 nitrogen and oxygen atoms in total. The minimum absolute atomic E-state index is 1.33. The van der Waals surface area contributed by atoms with E-state index in [1.165, 1.54) is 3.57 Å². The van der Waals surface area contributed by atoms with Crippen molar-refractivity contribution >= 4 is 33.9 Å². The van der Waals surface area contributed by atoms with E-state index in [-0.39, 0.29) is 0 Å². The maximum atomic E-state index is 2.29. The van der Waals surface area contributed by atoms with Crippen molar-refractivity contribution in [3.8, 4) is 0 Å². The number of halogens is 1. The largest absolute Gasteiger partial charge is 0.151 e. The van der Waals surface area contributed by atoms with Crippen molar-refractivity contribution in [3.63, 3.8) is 0 Å². The summed E-state index contributed by atoms with van der Waals surface area (Å²) in [5.41, 5.74) is 0. The van der Waals surface area contributed by atoms with Gasteiger partial charge in [-0.1, -0.05) is 0 Å². The first-order valence-corrected chi connectivity index (χ1v) is 3.59. The normalized spacial score (nSPS) is 8.83. The second kappa shape index (κ2) is 1.93. The van der Waals surface area contributed by atoms with Gasteiger partial charge in [0.15, 0.2) is 0 Å². The van der Waals surface area contributed by atoms with Gasteiger partial charge < -0.3 is 0 Å². The van der Waals surface area contributed by atoms with E-state index in [2.05, 4.69) is 39.4 Å². The molecule has 0 fully saturated rings. The molecule has 0 aliphatic rings. The molecule has 0 N–H and O–H groups in total. The van der Waals surface area contributed by atoms with Gasteiger partial charge in [0.1, 0.15) is 0 Å². The highest BCUT2D eigenvalue weighted by Crippen LogP contribution is 2.06. The van der Waals surface area contributed by atoms with E-state index in [1.54, 1.807) is 11.3 Å². The molecule has 0 unspecified atom stereocenters. The molecule has 32 valence electrons. The highest BCUT2D eigenvalue weighted by atomic mass is 127. The van der Waals surface area contributed by atoms with E-state index in [1.807, 2.05) is 0 Å². The van der Waals surface area contributed by atoms with Gasteiger partial charge in [0.25, 0.3) is 0 Å². The first kappa shape index (κ1) is 4.59. The fourth-order valence-electron chi connectivity index (χ4n) is 0.248. The zero-order valence-electron chi connectivity index (χ0n) is 3.02. The van der Waals surface area contributed by atoms with E-state index in [4.69, 9.17) is 0 Å². The minimum Gasteiger partial charge on any atom is -0.151 e. The van der Waals surface area contributed by atoms with Gasteiger partial charge >= 0.3 is 0 Å². The number of thiophene rings is 1. The predicted octanol–water partition coefficient (Wildman–Crippen LogP) is 2.35. The summed E-state index contributed by atoms with van der Waals surface area (Å²) in [6.45, 7) is 0. The molecular weight excluding hydrogens is 207 g/mol. The SMILES string of the molecule is Ic1ccsc1. The van der Waals surface area contributed by atoms with E-state index in [9.17, 15) is 0 Å². The van der Waals surface area contributed by atoms with Crippen LogP contribution in [-0.4, -0.2) is 0 Å². The van der Waals surface area contributed by atoms with Crippen LogP contribution in [0.3, 0.4) is 0 Å². The molecular formula is C4H3IS. The molecule has 0 amide bonds. The molecule has 2 heteroatoms. The van der Waals surface area contributed by atoms with Crippen molar-refractivity contribution in [2.24, 2.45) is 0 Å². The topological polar surface area (TPSA) is 0 Å². The summed E-state index contributed by atoms with van der Waals surface area (Å²) in [4.78, 5) is 0. The zero-order chi connectivity index (χ0) is 4.41. The molecule has 1 rings (SSSR count). The Morgan fingerprint density at radius 1 is 1.67 bits per heavy atom. The van der Waals surface area contributed by atoms with Crippen molar-refractivity contribution in [1.82, 2.24) is 0 Å². The van der Waals surface area contributed by atoms with Crippen LogP contribution in [0.2, 0.25) is 0 Å². The van der Waals surface area contributed by atoms with Gasteiger partial charge in [0.2, 0.25) is 0 Å². The molecule has 6 heavy (non-hydrogen) atoms. The first-order valence-electron chi connectivity index (χ1n) is 1.57. The molecule has 0 bridgehead atoms. The van der Waals surface area contributed by atoms with Crippen LogP contribution in [-0.2, 0) is 0 Å². The van der Waals surface area contributed by atoms with Crippen LogP contribution < -0.4 is 0 Å². The van der Waals surface area contributed by atoms with Gasteiger partial charge in [-0.2, -0.15) is 11.3 Å². The average Bonchev–Trinajstić information content (AvgIpc) is 1.86. The monoisotopic (exact) mass is 210 g/mol. The number of hydrogen-bond acceptors (Lipinski definition) is 1. The maximum Gasteiger partial charge on any atom is 0.0237 e. The predicted molar refractivity (Wildman–Crippen MR) is 37.0 cm³/mol. The highest BCUT2D eigenvalue weighted by molar-refractivity contribution is 14.1. The summed E-state index contributed by atoms with van der Waals surface area (Å²) in [7, 11) is 0. The van der Waals surface area contributed by atoms with Crippen molar-refractivity contribution in [3.05, 3.63) is 20.4 Å². The van der Waals surface area contributed by atoms with Crippen LogP contribution in [0, 0.1) is 3.57 Å². The maximum absolute atomic E-state index is 2.29. The van der Waals surface area contributed by atoms with Crippen LogP contribution in [0.25, 0.3) is 0 Å². The molecule has 0 spiro atoms. The third-order valence-corrected chi connectivity index (χ3v) is 2.26. The number of hydrogen-bond donors (Lipinski definition) is 0. The van der Waals surface area contributed by atoms with Crippen molar-refractivity contribution in [2.75, 3.05) is 0 Å². The molecule has 1 aromatic rings. The Morgan fingerprint density at radius 2 is 2.50 bits per heavy atom. The van der Waals surface area contributed by atoms with Crippen molar-refractivity contribution < 1.29 is 0 Å². The highest BCUT2D eigenvalue weighted by Gasteiger charge is 1.76. The minimum atomic E-state index is 1.33. The fourth-order valence-corrected chi connectivity index (χ4v) is 1.62. The van der Waals surface area contributed by atoms with Gasteiger partial charge in [-0.3, -0.25) is 0 Å². The molecule has 0 atom stereocenters. The molecule has 0 saturated carbocycles. The van der Waals surface area contributed by atoms with Crippen LogP contribution in [0.15, 0.2) is 16.8 Å². The lowest BCUT2D eigenvalue weighted by Gasteiger charge is -1.62. The van der Waals surface area contributed by atoms with E-state index in [0.29, 0.717) is 0 Å². The van der Waals surface area contributed by atoms with Gasteiger partial charge in [-0.15, -0.1) is 0 Å². The molecule has 0 radical (unpaired) electrons. The Balaban J connectivity index is 3.05. The third-order valence-electron chi connectivity index (χ3n) is 0.486. The third kappa shape index (κ3) is 0.944. The van der Waals surface area contributed by atoms with E-state index < -0.39 is 0 Å². The number of rotatable bonds is 0. The molecule has 1 aromatic heterocycles. The molecule has 1 heterocycles. The van der Waals surface area contributed by atoms with Crippen LogP contribution >= 0.6 is 33.9 Å². The van der Waals surface area contributed by atoms with Crippen molar-refractivity contribution in [2.45, 2.75) is 0 Å². The van der Waals surface area contributed by atoms with Crippen LogP contribution in [0.4, 0.5) is 0 Å². The summed E-state index contributed by atoms with van der Waals surface area (Å²) in [6, 6.07) is 2.09. The first-order chi connectivity index (χ1) is 2.89. The Bertz CT molecular complexity index is 111. The quantitative estimate of drug-likeness (QED) is 0.576. The Kier molecular flexibility index (Phi) is 1.48. The lowest BCUT2D eigenvalue weighted by molar-refractivity contribution is 1.89. The second-order valence-electron chi connectivity index (χ2n) is 0.942. The van der Waals surface area contributed by atoms with Crippen LogP contribution in [0.1, 0.15) is 0 Å². The Hall–Kier alpha value is 0.430. The Morgan fingerprint density at radius 3 is 2.67 bits per heavy atom. The summed E-state index contributed by atoms with van der Waals surface area (Å²) in [6.07, 6.45) is 0. The molecule has 0 saturated heterocycles. The summed E-state index contributed by atoms with van der Waals surface area (Å²) in [5.74, 6) is 0. The molecule has 0 aromatic carbocycles. The smallest absolute Gasteiger partial charge is 0.0237 e. The lowest BCUT2D eigenvalue weighted by atomic mass is 10.7. The molecule has 0 aliphatic heterocycles. The van der Waals surface area contributed by atoms with Gasteiger partial charge in [0.05, 0.1) is 0 Å². The summed E-state index contributed by atoms with van der Waals surface area (Å²) >= 11 is 4.02. The van der Waals surface area contributed by atoms with E-state index in [0.717, 1.165) is 0 Å². The summed E-state index contributed by atoms with van der Waals surface area (Å²) < 4.78 is 1.33. The van der Waals surface area contributed by atoms with Gasteiger partial charge in [-0.25, -0.2) is 0 Å². The average molecular weight is 210 g/mol. The second-order valence-corrected chi connectivity index (χ2v) is 2.97. The van der Waals surface area contributed by atoms with Gasteiger partial charge in [-0.05, 0) is 34.0 Å². The Labute approximate surface area is 54.3 Å². The zero-order valence-corrected chi connectivity index (χ0v) is 5.99. The van der Waals surface area contributed by atoms with Crippen LogP contribution in [0.5, 0.6) is 0 Å².